The van der Waals surface area contributed by atoms with E-state index in [-0.39, 0.29) is 24.7 Å². The minimum atomic E-state index is -0.478. The molecule has 1 aliphatic rings. The van der Waals surface area contributed by atoms with Crippen LogP contribution in [0, 0.1) is 5.92 Å². The molecule has 1 rings (SSSR count). The normalized spacial score (nSPS) is 23.8. The molecule has 1 N–H and O–H groups in total. The zero-order valence-corrected chi connectivity index (χ0v) is 11.9. The Morgan fingerprint density at radius 1 is 1.22 bits per heavy atom. The van der Waals surface area contributed by atoms with Gasteiger partial charge in [-0.25, -0.2) is 0 Å². The Hall–Kier alpha value is -1.06. The van der Waals surface area contributed by atoms with E-state index in [2.05, 4.69) is 12.2 Å². The van der Waals surface area contributed by atoms with Gasteiger partial charge in [0.05, 0.1) is 6.42 Å². The fraction of sp³-hybridized carbons (Fsp3) is 0.857. The van der Waals surface area contributed by atoms with Crippen molar-refractivity contribution in [3.8, 4) is 0 Å². The van der Waals surface area contributed by atoms with Crippen molar-refractivity contribution in [2.75, 3.05) is 0 Å². The third kappa shape index (κ3) is 6.03. The Kier molecular flexibility index (Phi) is 5.17. The maximum atomic E-state index is 11.7. The van der Waals surface area contributed by atoms with Gasteiger partial charge in [-0.15, -0.1) is 0 Å². The van der Waals surface area contributed by atoms with Crippen LogP contribution in [0.15, 0.2) is 0 Å². The predicted molar refractivity (Wildman–Crippen MR) is 70.0 cm³/mol. The summed E-state index contributed by atoms with van der Waals surface area (Å²) in [6.45, 7) is 7.67. The van der Waals surface area contributed by atoms with Crippen molar-refractivity contribution in [1.82, 2.24) is 5.32 Å². The summed E-state index contributed by atoms with van der Waals surface area (Å²) in [7, 11) is 0. The molecule has 0 aromatic rings. The van der Waals surface area contributed by atoms with E-state index in [1.807, 2.05) is 20.8 Å². The molecule has 0 aliphatic heterocycles. The number of esters is 1. The Labute approximate surface area is 109 Å². The van der Waals surface area contributed by atoms with Gasteiger partial charge >= 0.3 is 5.97 Å². The minimum Gasteiger partial charge on any atom is -0.460 e. The molecular weight excluding hydrogens is 230 g/mol. The quantitative estimate of drug-likeness (QED) is 0.785. The molecule has 0 bridgehead atoms. The lowest BCUT2D eigenvalue weighted by Crippen LogP contribution is -2.33. The summed E-state index contributed by atoms with van der Waals surface area (Å²) < 4.78 is 5.16. The standard InChI is InChI=1S/C14H25NO3/c1-10-5-6-11(9-10)15-12(16)7-8-13(17)18-14(2,3)4/h10-11H,5-9H2,1-4H3,(H,15,16). The summed E-state index contributed by atoms with van der Waals surface area (Å²) in [5.41, 5.74) is -0.478. The minimum absolute atomic E-state index is 0.0417. The topological polar surface area (TPSA) is 55.4 Å². The fourth-order valence-corrected chi connectivity index (χ4v) is 2.25. The Bertz CT molecular complexity index is 307. The molecule has 18 heavy (non-hydrogen) atoms. The van der Waals surface area contributed by atoms with E-state index in [0.717, 1.165) is 12.8 Å². The van der Waals surface area contributed by atoms with E-state index in [0.29, 0.717) is 12.0 Å². The number of carbonyl (C=O) groups excluding carboxylic acids is 2. The van der Waals surface area contributed by atoms with E-state index in [4.69, 9.17) is 4.74 Å². The van der Waals surface area contributed by atoms with Crippen LogP contribution >= 0.6 is 0 Å². The zero-order valence-electron chi connectivity index (χ0n) is 11.9. The summed E-state index contributed by atoms with van der Waals surface area (Å²) in [5.74, 6) is 0.346. The number of ether oxygens (including phenoxy) is 1. The molecule has 2 unspecified atom stereocenters. The van der Waals surface area contributed by atoms with Gasteiger partial charge in [0, 0.05) is 12.5 Å². The number of hydrogen-bond donors (Lipinski definition) is 1. The average molecular weight is 255 g/mol. The van der Waals surface area contributed by atoms with Crippen molar-refractivity contribution in [2.24, 2.45) is 5.92 Å². The lowest BCUT2D eigenvalue weighted by molar-refractivity contribution is -0.155. The second kappa shape index (κ2) is 6.21. The van der Waals surface area contributed by atoms with E-state index >= 15 is 0 Å². The third-order valence-corrected chi connectivity index (χ3v) is 3.04. The van der Waals surface area contributed by atoms with Gasteiger partial charge in [-0.3, -0.25) is 9.59 Å². The van der Waals surface area contributed by atoms with Crippen molar-refractivity contribution in [1.29, 1.82) is 0 Å². The molecule has 0 aromatic heterocycles. The highest BCUT2D eigenvalue weighted by atomic mass is 16.6. The van der Waals surface area contributed by atoms with Crippen LogP contribution in [-0.2, 0) is 14.3 Å². The predicted octanol–water partition coefficient (Wildman–Crippen LogP) is 2.41. The summed E-state index contributed by atoms with van der Waals surface area (Å²) in [4.78, 5) is 23.1. The molecular formula is C14H25NO3. The molecule has 4 nitrogen and oxygen atoms in total. The summed E-state index contributed by atoms with van der Waals surface area (Å²) in [6, 6.07) is 0.297. The average Bonchev–Trinajstić information content (AvgIpc) is 2.58. The van der Waals surface area contributed by atoms with Crippen LogP contribution in [-0.4, -0.2) is 23.5 Å². The van der Waals surface area contributed by atoms with E-state index < -0.39 is 5.60 Å². The van der Waals surface area contributed by atoms with Gasteiger partial charge in [0.2, 0.25) is 5.91 Å². The smallest absolute Gasteiger partial charge is 0.306 e. The van der Waals surface area contributed by atoms with Gasteiger partial charge in [-0.05, 0) is 46.0 Å². The van der Waals surface area contributed by atoms with Crippen molar-refractivity contribution in [3.05, 3.63) is 0 Å². The van der Waals surface area contributed by atoms with Crippen molar-refractivity contribution in [2.45, 2.75) is 71.4 Å². The van der Waals surface area contributed by atoms with Crippen LogP contribution in [0.1, 0.15) is 59.8 Å². The molecule has 0 aromatic carbocycles. The Balaban J connectivity index is 2.19. The maximum absolute atomic E-state index is 11.7. The lowest BCUT2D eigenvalue weighted by atomic mass is 10.1. The van der Waals surface area contributed by atoms with Gasteiger partial charge in [-0.1, -0.05) is 6.92 Å². The molecule has 4 heteroatoms. The third-order valence-electron chi connectivity index (χ3n) is 3.04. The van der Waals surface area contributed by atoms with Gasteiger partial charge < -0.3 is 10.1 Å². The first kappa shape index (κ1) is 15.0. The molecule has 1 fully saturated rings. The zero-order chi connectivity index (χ0) is 13.8. The van der Waals surface area contributed by atoms with Gasteiger partial charge in [0.1, 0.15) is 5.60 Å². The van der Waals surface area contributed by atoms with Crippen molar-refractivity contribution >= 4 is 11.9 Å². The molecule has 0 saturated heterocycles. The largest absolute Gasteiger partial charge is 0.460 e. The number of carbonyl (C=O) groups is 2. The Morgan fingerprint density at radius 2 is 1.89 bits per heavy atom. The van der Waals surface area contributed by atoms with Crippen LogP contribution in [0.2, 0.25) is 0 Å². The van der Waals surface area contributed by atoms with E-state index in [1.165, 1.54) is 6.42 Å². The fourth-order valence-electron chi connectivity index (χ4n) is 2.25. The first-order chi connectivity index (χ1) is 8.26. The molecule has 0 heterocycles. The number of rotatable bonds is 4. The number of nitrogens with one attached hydrogen (secondary N) is 1. The molecule has 1 aliphatic carbocycles. The maximum Gasteiger partial charge on any atom is 0.306 e. The molecule has 0 spiro atoms. The molecule has 2 atom stereocenters. The van der Waals surface area contributed by atoms with Gasteiger partial charge in [0.15, 0.2) is 0 Å². The molecule has 1 saturated carbocycles. The Morgan fingerprint density at radius 3 is 2.39 bits per heavy atom. The van der Waals surface area contributed by atoms with E-state index in [1.54, 1.807) is 0 Å². The van der Waals surface area contributed by atoms with Crippen LogP contribution in [0.5, 0.6) is 0 Å². The highest BCUT2D eigenvalue weighted by Crippen LogP contribution is 2.24. The van der Waals surface area contributed by atoms with Gasteiger partial charge in [0.25, 0.3) is 0 Å². The highest BCUT2D eigenvalue weighted by molar-refractivity contribution is 5.81. The SMILES string of the molecule is CC1CCC(NC(=O)CCC(=O)OC(C)(C)C)C1. The molecule has 104 valence electrons. The van der Waals surface area contributed by atoms with Crippen LogP contribution < -0.4 is 5.32 Å². The van der Waals surface area contributed by atoms with E-state index in [9.17, 15) is 9.59 Å². The second-order valence-corrected chi connectivity index (χ2v) is 6.27. The summed E-state index contributed by atoms with van der Waals surface area (Å²) in [5, 5.41) is 2.98. The summed E-state index contributed by atoms with van der Waals surface area (Å²) in [6.07, 6.45) is 3.67. The summed E-state index contributed by atoms with van der Waals surface area (Å²) >= 11 is 0. The lowest BCUT2D eigenvalue weighted by Gasteiger charge is -2.19. The van der Waals surface area contributed by atoms with Crippen molar-refractivity contribution < 1.29 is 14.3 Å². The first-order valence-electron chi connectivity index (χ1n) is 6.77. The van der Waals surface area contributed by atoms with Crippen LogP contribution in [0.25, 0.3) is 0 Å². The van der Waals surface area contributed by atoms with Gasteiger partial charge in [-0.2, -0.15) is 0 Å². The first-order valence-corrected chi connectivity index (χ1v) is 6.77. The monoisotopic (exact) mass is 255 g/mol. The second-order valence-electron chi connectivity index (χ2n) is 6.27. The number of hydrogen-bond acceptors (Lipinski definition) is 3. The molecule has 0 radical (unpaired) electrons. The van der Waals surface area contributed by atoms with Crippen LogP contribution in [0.3, 0.4) is 0 Å². The number of amides is 1. The highest BCUT2D eigenvalue weighted by Gasteiger charge is 2.23. The van der Waals surface area contributed by atoms with Crippen molar-refractivity contribution in [3.63, 3.8) is 0 Å². The van der Waals surface area contributed by atoms with Crippen LogP contribution in [0.4, 0.5) is 0 Å². The molecule has 1 amide bonds.